The molecule has 5 rings (SSSR count). The first-order chi connectivity index (χ1) is 30.0. The van der Waals surface area contributed by atoms with Crippen molar-refractivity contribution in [3.63, 3.8) is 0 Å². The summed E-state index contributed by atoms with van der Waals surface area (Å²) in [6.45, 7) is 13.0. The number of aryl methyl sites for hydroxylation is 1. The highest BCUT2D eigenvalue weighted by Crippen LogP contribution is 2.44. The van der Waals surface area contributed by atoms with E-state index < -0.39 is 18.0 Å². The molecule has 11 nitrogen and oxygen atoms in total. The Balaban J connectivity index is 1.06. The van der Waals surface area contributed by atoms with Crippen LogP contribution in [0.5, 0.6) is 5.75 Å². The van der Waals surface area contributed by atoms with E-state index in [1.54, 1.807) is 12.1 Å². The number of nitrogens with zero attached hydrogens (tertiary/aromatic N) is 2. The van der Waals surface area contributed by atoms with Gasteiger partial charge in [-0.25, -0.2) is 10.1 Å². The third kappa shape index (κ3) is 13.8. The smallest absolute Gasteiger partial charge is 0.361 e. The highest BCUT2D eigenvalue weighted by molar-refractivity contribution is 5.79. The van der Waals surface area contributed by atoms with Gasteiger partial charge in [0.15, 0.2) is 12.3 Å². The molecule has 3 N–H and O–H groups in total. The first-order valence-corrected chi connectivity index (χ1v) is 23.6. The van der Waals surface area contributed by atoms with E-state index >= 15 is 0 Å². The molecule has 2 bridgehead atoms. The summed E-state index contributed by atoms with van der Waals surface area (Å²) in [5.74, 6) is -1.23. The van der Waals surface area contributed by atoms with Crippen LogP contribution in [0.4, 0.5) is 0 Å². The Labute approximate surface area is 371 Å². The van der Waals surface area contributed by atoms with Gasteiger partial charge in [-0.3, -0.25) is 4.79 Å². The molecule has 0 aromatic heterocycles. The number of piperidine rings is 1. The predicted molar refractivity (Wildman–Crippen MR) is 243 cm³/mol. The SMILES string of the molecule is CC[N+](CC)(CC(=O)OCC(C(=O)OC1CC2CCC(C1)[N+]2(C)C(C)C)c1ccccc1)Cc1cc(C(O)CNCCCCCCOCCCCc2ccccc2)ccc1OO. The van der Waals surface area contributed by atoms with E-state index in [4.69, 9.17) is 19.1 Å². The Hall–Kier alpha value is -3.84. The van der Waals surface area contributed by atoms with Crippen molar-refractivity contribution < 1.29 is 48.0 Å². The zero-order chi connectivity index (χ0) is 44.4. The third-order valence-electron chi connectivity index (χ3n) is 14.2. The lowest BCUT2D eigenvalue weighted by molar-refractivity contribution is -0.968. The number of aliphatic hydroxyl groups excluding tert-OH is 1. The van der Waals surface area contributed by atoms with Crippen LogP contribution in [-0.2, 0) is 36.8 Å². The fourth-order valence-electron chi connectivity index (χ4n) is 9.85. The number of unbranched alkanes of at least 4 members (excludes halogenated alkanes) is 4. The zero-order valence-corrected chi connectivity index (χ0v) is 38.4. The number of fused-ring (bicyclic) bond motifs is 2. The number of hydrogen-bond acceptors (Lipinski definition) is 9. The molecule has 0 spiro atoms. The van der Waals surface area contributed by atoms with Crippen LogP contribution in [0.2, 0.25) is 0 Å². The van der Waals surface area contributed by atoms with E-state index in [0.29, 0.717) is 59.9 Å². The Bertz CT molecular complexity index is 1760. The summed E-state index contributed by atoms with van der Waals surface area (Å²) in [6.07, 6.45) is 10.7. The molecule has 0 radical (unpaired) electrons. The first kappa shape index (κ1) is 49.2. The summed E-state index contributed by atoms with van der Waals surface area (Å²) in [7, 11) is 2.36. The lowest BCUT2D eigenvalue weighted by Gasteiger charge is -2.49. The van der Waals surface area contributed by atoms with Gasteiger partial charge >= 0.3 is 11.9 Å². The quantitative estimate of drug-likeness (QED) is 0.0217. The normalized spacial score (nSPS) is 20.8. The topological polar surface area (TPSA) is 124 Å². The average Bonchev–Trinajstić information content (AvgIpc) is 3.43. The Morgan fingerprint density at radius 2 is 1.48 bits per heavy atom. The lowest BCUT2D eigenvalue weighted by atomic mass is 9.94. The minimum atomic E-state index is -0.760. The molecule has 2 aliphatic heterocycles. The highest BCUT2D eigenvalue weighted by Gasteiger charge is 2.54. The second-order valence-corrected chi connectivity index (χ2v) is 18.3. The number of carbonyl (C=O) groups is 2. The molecular weight excluding hydrogens is 783 g/mol. The number of aliphatic hydroxyl groups is 1. The van der Waals surface area contributed by atoms with Gasteiger partial charge in [0.2, 0.25) is 0 Å². The van der Waals surface area contributed by atoms with Gasteiger partial charge in [-0.15, -0.1) is 0 Å². The van der Waals surface area contributed by atoms with Gasteiger partial charge in [0.25, 0.3) is 0 Å². The fraction of sp³-hybridized carbons (Fsp3) is 0.608. The largest absolute Gasteiger partial charge is 0.461 e. The minimum Gasteiger partial charge on any atom is -0.461 e. The number of rotatable bonds is 28. The van der Waals surface area contributed by atoms with Crippen LogP contribution < -0.4 is 10.2 Å². The number of benzene rings is 3. The van der Waals surface area contributed by atoms with Crippen molar-refractivity contribution in [3.05, 3.63) is 101 Å². The Kier molecular flexibility index (Phi) is 19.7. The maximum Gasteiger partial charge on any atom is 0.361 e. The predicted octanol–water partition coefficient (Wildman–Crippen LogP) is 8.54. The molecule has 2 saturated heterocycles. The van der Waals surface area contributed by atoms with Crippen LogP contribution in [0.1, 0.15) is 126 Å². The maximum atomic E-state index is 13.9. The van der Waals surface area contributed by atoms with Gasteiger partial charge < -0.3 is 38.5 Å². The van der Waals surface area contributed by atoms with Crippen molar-refractivity contribution in [2.75, 3.05) is 59.6 Å². The van der Waals surface area contributed by atoms with Gasteiger partial charge in [0, 0.05) is 45.4 Å². The number of carbonyl (C=O) groups excluding carboxylic acids is 2. The molecule has 0 saturated carbocycles. The maximum absolute atomic E-state index is 13.9. The molecule has 2 heterocycles. The Morgan fingerprint density at radius 3 is 2.13 bits per heavy atom. The van der Waals surface area contributed by atoms with Gasteiger partial charge in [0.1, 0.15) is 25.2 Å². The summed E-state index contributed by atoms with van der Waals surface area (Å²) in [6, 6.07) is 26.8. The standard InChI is InChI=1S/C51H76N3O8/c1-6-54(7-2,37-50(56)60-38-47(41-23-14-11-15-24-41)51(57)61-46-33-44-26-27-45(34-46)53(44,5)39(3)4)36-43-32-42(25-28-49(43)62-58)48(55)35-52-29-17-8-9-18-30-59-31-19-16-22-40-20-12-10-13-21-40/h10-15,20-21,23-25,28,32,39,44-48,52,55H,6-9,16-19,22,26-27,29-31,33-38H2,1-5H3/q+1/p+1. The second kappa shape index (κ2) is 24.9. The van der Waals surface area contributed by atoms with E-state index in [0.717, 1.165) is 100 Å². The molecule has 11 heteroatoms. The number of quaternary nitrogens is 2. The van der Waals surface area contributed by atoms with E-state index in [9.17, 15) is 20.0 Å². The second-order valence-electron chi connectivity index (χ2n) is 18.3. The molecule has 2 fully saturated rings. The first-order valence-electron chi connectivity index (χ1n) is 23.6. The summed E-state index contributed by atoms with van der Waals surface area (Å²) in [5, 5.41) is 24.3. The van der Waals surface area contributed by atoms with E-state index in [-0.39, 0.29) is 31.0 Å². The third-order valence-corrected chi connectivity index (χ3v) is 14.2. The summed E-state index contributed by atoms with van der Waals surface area (Å²) in [4.78, 5) is 32.3. The van der Waals surface area contributed by atoms with E-state index in [1.165, 1.54) is 5.56 Å². The molecule has 0 amide bonds. The van der Waals surface area contributed by atoms with Crippen LogP contribution in [0, 0.1) is 0 Å². The van der Waals surface area contributed by atoms with Crippen molar-refractivity contribution in [1.29, 1.82) is 0 Å². The number of likely N-dealkylation sites (N-methyl/N-ethyl adjacent to an activating group) is 1. The van der Waals surface area contributed by atoms with Crippen molar-refractivity contribution in [2.45, 2.75) is 141 Å². The average molecular weight is 860 g/mol. The molecule has 3 aromatic rings. The van der Waals surface area contributed by atoms with Crippen LogP contribution in [0.25, 0.3) is 0 Å². The number of ether oxygens (including phenoxy) is 3. The van der Waals surface area contributed by atoms with Crippen molar-refractivity contribution in [3.8, 4) is 5.75 Å². The molecule has 342 valence electrons. The van der Waals surface area contributed by atoms with Gasteiger partial charge in [0.05, 0.1) is 49.9 Å². The van der Waals surface area contributed by atoms with Crippen LogP contribution in [0.3, 0.4) is 0 Å². The van der Waals surface area contributed by atoms with Crippen LogP contribution in [0.15, 0.2) is 78.9 Å². The fourth-order valence-corrected chi connectivity index (χ4v) is 9.85. The summed E-state index contributed by atoms with van der Waals surface area (Å²) in [5.41, 5.74) is 3.52. The molecular formula is C51H77N3O8+2. The van der Waals surface area contributed by atoms with Crippen molar-refractivity contribution in [1.82, 2.24) is 5.32 Å². The number of esters is 2. The molecule has 62 heavy (non-hydrogen) atoms. The number of nitrogens with one attached hydrogen (secondary N) is 1. The highest BCUT2D eigenvalue weighted by atomic mass is 17.1. The molecule has 3 aromatic carbocycles. The van der Waals surface area contributed by atoms with E-state index in [1.807, 2.05) is 50.2 Å². The van der Waals surface area contributed by atoms with Gasteiger partial charge in [-0.2, -0.15) is 0 Å². The summed E-state index contributed by atoms with van der Waals surface area (Å²) < 4.78 is 19.4. The summed E-state index contributed by atoms with van der Waals surface area (Å²) >= 11 is 0. The monoisotopic (exact) mass is 860 g/mol. The van der Waals surface area contributed by atoms with Crippen LogP contribution in [-0.4, -0.2) is 115 Å². The minimum absolute atomic E-state index is 0.0569. The van der Waals surface area contributed by atoms with Crippen molar-refractivity contribution >= 4 is 11.9 Å². The van der Waals surface area contributed by atoms with Gasteiger partial charge in [-0.1, -0.05) is 79.6 Å². The van der Waals surface area contributed by atoms with Gasteiger partial charge in [-0.05, 0) is 95.2 Å². The van der Waals surface area contributed by atoms with Crippen molar-refractivity contribution in [2.24, 2.45) is 0 Å². The molecule has 0 aliphatic carbocycles. The molecule has 4 unspecified atom stereocenters. The Morgan fingerprint density at radius 1 is 0.839 bits per heavy atom. The van der Waals surface area contributed by atoms with E-state index in [2.05, 4.69) is 56.5 Å². The lowest BCUT2D eigenvalue weighted by Crippen LogP contribution is -2.62. The van der Waals surface area contributed by atoms with Crippen LogP contribution >= 0.6 is 0 Å². The molecule has 2 aliphatic rings. The number of hydrogen-bond donors (Lipinski definition) is 3. The zero-order valence-electron chi connectivity index (χ0n) is 38.4. The molecule has 4 atom stereocenters.